The van der Waals surface area contributed by atoms with Gasteiger partial charge in [-0.25, -0.2) is 0 Å². The van der Waals surface area contributed by atoms with Gasteiger partial charge in [-0.3, -0.25) is 4.79 Å². The molecule has 2 atom stereocenters. The molecule has 6 heteroatoms. The molecule has 2 unspecified atom stereocenters. The lowest BCUT2D eigenvalue weighted by molar-refractivity contribution is -0.125. The molecule has 1 amide bonds. The fourth-order valence-corrected chi connectivity index (χ4v) is 2.64. The Bertz CT molecular complexity index is 453. The van der Waals surface area contributed by atoms with Crippen LogP contribution in [0.3, 0.4) is 0 Å². The van der Waals surface area contributed by atoms with Crippen LogP contribution in [0.15, 0.2) is 28.7 Å². The first kappa shape index (κ1) is 18.3. The summed E-state index contributed by atoms with van der Waals surface area (Å²) in [4.78, 5) is 12.0. The molecule has 0 aliphatic carbocycles. The van der Waals surface area contributed by atoms with Gasteiger partial charge in [-0.1, -0.05) is 12.1 Å². The Balaban J connectivity index is 0.00000220. The number of hydrogen-bond acceptors (Lipinski definition) is 3. The van der Waals surface area contributed by atoms with Crippen LogP contribution in [-0.2, 0) is 4.79 Å². The number of rotatable bonds is 5. The Labute approximate surface area is 140 Å². The molecule has 1 aliphatic heterocycles. The van der Waals surface area contributed by atoms with E-state index in [0.29, 0.717) is 6.54 Å². The zero-order valence-corrected chi connectivity index (χ0v) is 14.5. The average molecular weight is 378 g/mol. The van der Waals surface area contributed by atoms with Gasteiger partial charge >= 0.3 is 0 Å². The second-order valence-corrected chi connectivity index (χ2v) is 6.00. The van der Waals surface area contributed by atoms with Gasteiger partial charge in [0.05, 0.1) is 16.9 Å². The topological polar surface area (TPSA) is 50.4 Å². The highest BCUT2D eigenvalue weighted by molar-refractivity contribution is 9.10. The van der Waals surface area contributed by atoms with E-state index in [9.17, 15) is 4.79 Å². The van der Waals surface area contributed by atoms with E-state index in [2.05, 4.69) is 26.6 Å². The van der Waals surface area contributed by atoms with Crippen LogP contribution >= 0.6 is 28.3 Å². The van der Waals surface area contributed by atoms with E-state index in [-0.39, 0.29) is 30.3 Å². The highest BCUT2D eigenvalue weighted by Crippen LogP contribution is 2.24. The van der Waals surface area contributed by atoms with Crippen molar-refractivity contribution < 1.29 is 9.53 Å². The number of amides is 1. The summed E-state index contributed by atoms with van der Waals surface area (Å²) in [6.45, 7) is 4.28. The molecule has 4 nitrogen and oxygen atoms in total. The summed E-state index contributed by atoms with van der Waals surface area (Å²) in [6, 6.07) is 7.72. The Morgan fingerprint density at radius 1 is 1.52 bits per heavy atom. The van der Waals surface area contributed by atoms with E-state index in [4.69, 9.17) is 4.74 Å². The van der Waals surface area contributed by atoms with Crippen LogP contribution < -0.4 is 15.4 Å². The molecular weight excluding hydrogens is 356 g/mol. The number of halogens is 2. The highest BCUT2D eigenvalue weighted by Gasteiger charge is 2.21. The number of para-hydroxylation sites is 1. The van der Waals surface area contributed by atoms with Gasteiger partial charge < -0.3 is 15.4 Å². The third-order valence-electron chi connectivity index (χ3n) is 3.40. The third-order valence-corrected chi connectivity index (χ3v) is 4.05. The van der Waals surface area contributed by atoms with Crippen molar-refractivity contribution in [2.24, 2.45) is 5.92 Å². The molecular formula is C15H22BrClN2O2. The maximum atomic E-state index is 12.0. The molecule has 1 heterocycles. The molecule has 118 valence electrons. The predicted octanol–water partition coefficient (Wildman–Crippen LogP) is 2.75. The Morgan fingerprint density at radius 2 is 2.29 bits per heavy atom. The summed E-state index contributed by atoms with van der Waals surface area (Å²) in [5, 5.41) is 6.23. The number of nitrogens with one attached hydrogen (secondary N) is 2. The van der Waals surface area contributed by atoms with Crippen LogP contribution in [0, 0.1) is 5.92 Å². The van der Waals surface area contributed by atoms with Crippen molar-refractivity contribution in [3.63, 3.8) is 0 Å². The molecule has 1 aromatic rings. The van der Waals surface area contributed by atoms with E-state index in [1.807, 2.05) is 31.2 Å². The monoisotopic (exact) mass is 376 g/mol. The summed E-state index contributed by atoms with van der Waals surface area (Å²) in [7, 11) is 0. The van der Waals surface area contributed by atoms with Crippen LogP contribution in [0.25, 0.3) is 0 Å². The quantitative estimate of drug-likeness (QED) is 0.829. The molecule has 2 N–H and O–H groups in total. The standard InChI is InChI=1S/C15H21BrN2O2.ClH/c1-11(20-14-7-3-2-6-13(14)16)9-18-15(19)12-5-4-8-17-10-12;/h2-3,6-7,11-12,17H,4-5,8-10H2,1H3,(H,18,19);1H. The van der Waals surface area contributed by atoms with E-state index >= 15 is 0 Å². The molecule has 1 saturated heterocycles. The summed E-state index contributed by atoms with van der Waals surface area (Å²) in [5.41, 5.74) is 0. The van der Waals surface area contributed by atoms with Crippen LogP contribution in [0.5, 0.6) is 5.75 Å². The van der Waals surface area contributed by atoms with Crippen molar-refractivity contribution in [1.82, 2.24) is 10.6 Å². The van der Waals surface area contributed by atoms with Gasteiger partial charge in [-0.2, -0.15) is 0 Å². The van der Waals surface area contributed by atoms with E-state index < -0.39 is 0 Å². The van der Waals surface area contributed by atoms with E-state index in [1.54, 1.807) is 0 Å². The van der Waals surface area contributed by atoms with E-state index in [0.717, 1.165) is 36.2 Å². The van der Waals surface area contributed by atoms with Crippen molar-refractivity contribution in [2.75, 3.05) is 19.6 Å². The van der Waals surface area contributed by atoms with Crippen molar-refractivity contribution in [1.29, 1.82) is 0 Å². The van der Waals surface area contributed by atoms with Gasteiger partial charge in [0.1, 0.15) is 11.9 Å². The minimum Gasteiger partial charge on any atom is -0.488 e. The summed E-state index contributed by atoms with van der Waals surface area (Å²) in [5.74, 6) is 1.02. The van der Waals surface area contributed by atoms with Gasteiger partial charge in [-0.05, 0) is 54.4 Å². The second-order valence-electron chi connectivity index (χ2n) is 5.15. The lowest BCUT2D eigenvalue weighted by Gasteiger charge is -2.23. The molecule has 0 bridgehead atoms. The molecule has 1 fully saturated rings. The maximum Gasteiger partial charge on any atom is 0.224 e. The molecule has 0 saturated carbocycles. The predicted molar refractivity (Wildman–Crippen MR) is 90.1 cm³/mol. The van der Waals surface area contributed by atoms with Crippen LogP contribution in [0.2, 0.25) is 0 Å². The van der Waals surface area contributed by atoms with Gasteiger partial charge in [0.25, 0.3) is 0 Å². The lowest BCUT2D eigenvalue weighted by atomic mass is 9.99. The molecule has 21 heavy (non-hydrogen) atoms. The number of carbonyl (C=O) groups is 1. The minimum atomic E-state index is -0.0609. The summed E-state index contributed by atoms with van der Waals surface area (Å²) in [6.07, 6.45) is 1.98. The zero-order chi connectivity index (χ0) is 14.4. The molecule has 0 aromatic heterocycles. The van der Waals surface area contributed by atoms with Crippen molar-refractivity contribution in [3.8, 4) is 5.75 Å². The first-order valence-corrected chi connectivity index (χ1v) is 7.85. The first-order chi connectivity index (χ1) is 9.66. The van der Waals surface area contributed by atoms with Crippen LogP contribution in [0.4, 0.5) is 0 Å². The number of benzene rings is 1. The van der Waals surface area contributed by atoms with Crippen molar-refractivity contribution in [2.45, 2.75) is 25.9 Å². The summed E-state index contributed by atoms with van der Waals surface area (Å²) < 4.78 is 6.73. The minimum absolute atomic E-state index is 0. The third kappa shape index (κ3) is 5.85. The Hall–Kier alpha value is -0.780. The van der Waals surface area contributed by atoms with Gasteiger partial charge in [0, 0.05) is 6.54 Å². The fourth-order valence-electron chi connectivity index (χ4n) is 2.26. The van der Waals surface area contributed by atoms with Crippen LogP contribution in [0.1, 0.15) is 19.8 Å². The number of carbonyl (C=O) groups excluding carboxylic acids is 1. The lowest BCUT2D eigenvalue weighted by Crippen LogP contribution is -2.43. The molecule has 2 rings (SSSR count). The molecule has 0 radical (unpaired) electrons. The van der Waals surface area contributed by atoms with Gasteiger partial charge in [0.2, 0.25) is 5.91 Å². The van der Waals surface area contributed by atoms with Crippen molar-refractivity contribution in [3.05, 3.63) is 28.7 Å². The van der Waals surface area contributed by atoms with Crippen LogP contribution in [-0.4, -0.2) is 31.6 Å². The van der Waals surface area contributed by atoms with Crippen molar-refractivity contribution >= 4 is 34.2 Å². The largest absolute Gasteiger partial charge is 0.488 e. The fraction of sp³-hybridized carbons (Fsp3) is 0.533. The van der Waals surface area contributed by atoms with Gasteiger partial charge in [0.15, 0.2) is 0 Å². The number of piperidine rings is 1. The zero-order valence-electron chi connectivity index (χ0n) is 12.1. The normalized spacial score (nSPS) is 19.2. The molecule has 0 spiro atoms. The Kier molecular flexibility index (Phi) is 8.07. The Morgan fingerprint density at radius 3 is 2.95 bits per heavy atom. The maximum absolute atomic E-state index is 12.0. The van der Waals surface area contributed by atoms with Gasteiger partial charge in [-0.15, -0.1) is 12.4 Å². The highest BCUT2D eigenvalue weighted by atomic mass is 79.9. The number of ether oxygens (including phenoxy) is 1. The van der Waals surface area contributed by atoms with E-state index in [1.165, 1.54) is 0 Å². The summed E-state index contributed by atoms with van der Waals surface area (Å²) >= 11 is 3.45. The average Bonchev–Trinajstić information content (AvgIpc) is 2.48. The second kappa shape index (κ2) is 9.28. The first-order valence-electron chi connectivity index (χ1n) is 7.06. The number of hydrogen-bond donors (Lipinski definition) is 2. The smallest absolute Gasteiger partial charge is 0.224 e. The molecule has 1 aliphatic rings. The molecule has 1 aromatic carbocycles. The SMILES string of the molecule is CC(CNC(=O)C1CCCNC1)Oc1ccccc1Br.Cl.